The zero-order valence-corrected chi connectivity index (χ0v) is 16.1. The third-order valence-corrected chi connectivity index (χ3v) is 5.21. The molecule has 9 nitrogen and oxygen atoms in total. The average molecular weight is 471 g/mol. The molecule has 0 radical (unpaired) electrons. The number of carbonyl (C=O) groups excluding carboxylic acids is 1. The molecule has 0 saturated heterocycles. The van der Waals surface area contributed by atoms with Crippen molar-refractivity contribution >= 4 is 34.2 Å². The third-order valence-electron chi connectivity index (χ3n) is 4.27. The summed E-state index contributed by atoms with van der Waals surface area (Å²) < 4.78 is 3.81. The largest absolute Gasteiger partial charge is 0.352 e. The van der Waals surface area contributed by atoms with E-state index in [1.807, 2.05) is 22.6 Å². The number of nitro benzene ring substituents is 1. The molecule has 1 N–H and O–H groups in total. The quantitative estimate of drug-likeness (QED) is 0.299. The summed E-state index contributed by atoms with van der Waals surface area (Å²) in [5.41, 5.74) is 0.0550. The van der Waals surface area contributed by atoms with Gasteiger partial charge in [-0.1, -0.05) is 0 Å². The van der Waals surface area contributed by atoms with Crippen LogP contribution in [0.25, 0.3) is 0 Å². The monoisotopic (exact) mass is 471 g/mol. The van der Waals surface area contributed by atoms with Crippen LogP contribution in [-0.4, -0.2) is 31.7 Å². The van der Waals surface area contributed by atoms with Gasteiger partial charge in [0, 0.05) is 41.8 Å². The molecule has 1 amide bonds. The summed E-state index contributed by atoms with van der Waals surface area (Å²) in [4.78, 5) is 34.8. The van der Waals surface area contributed by atoms with E-state index in [-0.39, 0.29) is 22.8 Å². The van der Waals surface area contributed by atoms with Crippen molar-refractivity contribution in [1.82, 2.24) is 19.7 Å². The molecule has 2 heterocycles. The topological polar surface area (TPSA) is 112 Å². The van der Waals surface area contributed by atoms with Crippen LogP contribution in [-0.2, 0) is 19.5 Å². The number of non-ortho nitro benzene ring substituents is 1. The number of halogens is 1. The van der Waals surface area contributed by atoms with Gasteiger partial charge in [0.2, 0.25) is 0 Å². The van der Waals surface area contributed by atoms with Gasteiger partial charge in [-0.2, -0.15) is 5.10 Å². The first-order valence-electron chi connectivity index (χ1n) is 8.36. The molecule has 2 aromatic rings. The Morgan fingerprint density at radius 3 is 2.92 bits per heavy atom. The minimum Gasteiger partial charge on any atom is -0.352 e. The number of hydrogen-bond acceptors (Lipinski definition) is 5. The van der Waals surface area contributed by atoms with Crippen LogP contribution < -0.4 is 11.0 Å². The zero-order valence-electron chi connectivity index (χ0n) is 14.0. The second-order valence-corrected chi connectivity index (χ2v) is 7.22. The smallest absolute Gasteiger partial charge is 0.345 e. The van der Waals surface area contributed by atoms with Gasteiger partial charge in [-0.05, 0) is 47.9 Å². The first kappa shape index (κ1) is 18.5. The summed E-state index contributed by atoms with van der Waals surface area (Å²) in [5, 5.41) is 17.9. The number of benzene rings is 1. The Morgan fingerprint density at radius 2 is 2.19 bits per heavy atom. The number of carbonyl (C=O) groups is 1. The van der Waals surface area contributed by atoms with E-state index in [0.717, 1.165) is 31.6 Å². The molecule has 3 rings (SSSR count). The number of rotatable bonds is 6. The van der Waals surface area contributed by atoms with E-state index >= 15 is 0 Å². The van der Waals surface area contributed by atoms with Crippen LogP contribution in [0.3, 0.4) is 0 Å². The van der Waals surface area contributed by atoms with Crippen LogP contribution in [0.5, 0.6) is 0 Å². The van der Waals surface area contributed by atoms with E-state index in [0.29, 0.717) is 23.1 Å². The standard InChI is InChI=1S/C16H18IN5O4/c17-13-6-5-11(22(25)26)10-12(13)15(23)18-7-3-9-21-16(24)20-8-2-1-4-14(20)19-21/h5-6,10H,1-4,7-9H2,(H,18,23). The lowest BCUT2D eigenvalue weighted by Gasteiger charge is -2.09. The van der Waals surface area contributed by atoms with E-state index in [9.17, 15) is 19.7 Å². The van der Waals surface area contributed by atoms with Crippen molar-refractivity contribution in [1.29, 1.82) is 0 Å². The summed E-state index contributed by atoms with van der Waals surface area (Å²) in [5.74, 6) is 0.464. The van der Waals surface area contributed by atoms with Crippen LogP contribution in [0, 0.1) is 13.7 Å². The van der Waals surface area contributed by atoms with Gasteiger partial charge in [0.05, 0.1) is 10.5 Å². The highest BCUT2D eigenvalue weighted by Crippen LogP contribution is 2.19. The fourth-order valence-electron chi connectivity index (χ4n) is 2.92. The predicted octanol–water partition coefficient (Wildman–Crippen LogP) is 1.71. The average Bonchev–Trinajstić information content (AvgIpc) is 2.95. The minimum atomic E-state index is -0.528. The highest BCUT2D eigenvalue weighted by Gasteiger charge is 2.17. The number of nitro groups is 1. The van der Waals surface area contributed by atoms with Gasteiger partial charge in [-0.25, -0.2) is 9.48 Å². The van der Waals surface area contributed by atoms with Crippen molar-refractivity contribution in [3.63, 3.8) is 0 Å². The zero-order chi connectivity index (χ0) is 18.7. The number of fused-ring (bicyclic) bond motifs is 1. The van der Waals surface area contributed by atoms with Crippen LogP contribution in [0.1, 0.15) is 35.4 Å². The Kier molecular flexibility index (Phi) is 5.69. The Bertz CT molecular complexity index is 905. The summed E-state index contributed by atoms with van der Waals surface area (Å²) in [6, 6.07) is 4.18. The van der Waals surface area contributed by atoms with E-state index < -0.39 is 4.92 Å². The Labute approximate surface area is 162 Å². The number of amides is 1. The lowest BCUT2D eigenvalue weighted by atomic mass is 10.2. The molecule has 10 heteroatoms. The number of hydrogen-bond donors (Lipinski definition) is 1. The first-order chi connectivity index (χ1) is 12.5. The molecule has 26 heavy (non-hydrogen) atoms. The predicted molar refractivity (Wildman–Crippen MR) is 102 cm³/mol. The molecule has 1 aliphatic heterocycles. The van der Waals surface area contributed by atoms with Gasteiger partial charge < -0.3 is 5.32 Å². The molecule has 1 aliphatic rings. The van der Waals surface area contributed by atoms with Crippen LogP contribution in [0.15, 0.2) is 23.0 Å². The lowest BCUT2D eigenvalue weighted by Crippen LogP contribution is -2.29. The molecule has 138 valence electrons. The molecular weight excluding hydrogens is 453 g/mol. The number of nitrogens with zero attached hydrogens (tertiary/aromatic N) is 4. The molecule has 0 atom stereocenters. The maximum atomic E-state index is 12.3. The Balaban J connectivity index is 1.56. The molecular formula is C16H18IN5O4. The summed E-state index contributed by atoms with van der Waals surface area (Å²) in [6.07, 6.45) is 3.42. The van der Waals surface area contributed by atoms with Crippen LogP contribution >= 0.6 is 22.6 Å². The van der Waals surface area contributed by atoms with Crippen molar-refractivity contribution in [2.24, 2.45) is 0 Å². The van der Waals surface area contributed by atoms with Gasteiger partial charge >= 0.3 is 5.69 Å². The Morgan fingerprint density at radius 1 is 1.38 bits per heavy atom. The fraction of sp³-hybridized carbons (Fsp3) is 0.438. The normalized spacial score (nSPS) is 13.3. The molecule has 0 saturated carbocycles. The first-order valence-corrected chi connectivity index (χ1v) is 9.44. The van der Waals surface area contributed by atoms with Crippen LogP contribution in [0.4, 0.5) is 5.69 Å². The molecule has 0 aliphatic carbocycles. The summed E-state index contributed by atoms with van der Waals surface area (Å²) >= 11 is 1.97. The second kappa shape index (κ2) is 7.98. The SMILES string of the molecule is O=C(NCCCn1nc2n(c1=O)CCCC2)c1cc([N+](=O)[O-])ccc1I. The van der Waals surface area contributed by atoms with Gasteiger partial charge in [0.25, 0.3) is 11.6 Å². The van der Waals surface area contributed by atoms with Crippen molar-refractivity contribution in [2.45, 2.75) is 38.8 Å². The van der Waals surface area contributed by atoms with Crippen molar-refractivity contribution < 1.29 is 9.72 Å². The van der Waals surface area contributed by atoms with Gasteiger partial charge in [-0.15, -0.1) is 0 Å². The van der Waals surface area contributed by atoms with E-state index in [1.54, 1.807) is 10.6 Å². The van der Waals surface area contributed by atoms with E-state index in [4.69, 9.17) is 0 Å². The molecule has 1 aromatic carbocycles. The molecule has 0 fully saturated rings. The maximum Gasteiger partial charge on any atom is 0.345 e. The van der Waals surface area contributed by atoms with Gasteiger partial charge in [0.1, 0.15) is 5.82 Å². The van der Waals surface area contributed by atoms with Crippen molar-refractivity contribution in [3.8, 4) is 0 Å². The van der Waals surface area contributed by atoms with Crippen molar-refractivity contribution in [2.75, 3.05) is 6.54 Å². The summed E-state index contributed by atoms with van der Waals surface area (Å²) in [7, 11) is 0. The van der Waals surface area contributed by atoms with E-state index in [1.165, 1.54) is 16.8 Å². The van der Waals surface area contributed by atoms with E-state index in [2.05, 4.69) is 10.4 Å². The van der Waals surface area contributed by atoms with Gasteiger partial charge in [0.15, 0.2) is 0 Å². The lowest BCUT2D eigenvalue weighted by molar-refractivity contribution is -0.384. The minimum absolute atomic E-state index is 0.0979. The van der Waals surface area contributed by atoms with Crippen LogP contribution in [0.2, 0.25) is 0 Å². The Hall–Kier alpha value is -2.24. The molecule has 0 unspecified atom stereocenters. The summed E-state index contributed by atoms with van der Waals surface area (Å²) in [6.45, 7) is 1.49. The maximum absolute atomic E-state index is 12.3. The fourth-order valence-corrected chi connectivity index (χ4v) is 3.50. The molecule has 0 spiro atoms. The second-order valence-electron chi connectivity index (χ2n) is 6.06. The number of aryl methyl sites for hydroxylation is 2. The molecule has 0 bridgehead atoms. The van der Waals surface area contributed by atoms with Crippen molar-refractivity contribution in [3.05, 3.63) is 53.8 Å². The number of aromatic nitrogens is 3. The third kappa shape index (κ3) is 3.94. The highest BCUT2D eigenvalue weighted by molar-refractivity contribution is 14.1. The van der Waals surface area contributed by atoms with Gasteiger partial charge in [-0.3, -0.25) is 19.5 Å². The molecule has 1 aromatic heterocycles. The highest BCUT2D eigenvalue weighted by atomic mass is 127. The number of nitrogens with one attached hydrogen (secondary N) is 1.